The minimum atomic E-state index is -0.0182. The number of nitrogens with one attached hydrogen (secondary N) is 2. The van der Waals surface area contributed by atoms with Gasteiger partial charge in [0, 0.05) is 23.2 Å². The second-order valence-corrected chi connectivity index (χ2v) is 11.1. The summed E-state index contributed by atoms with van der Waals surface area (Å²) in [5.74, 6) is 1.35. The zero-order valence-corrected chi connectivity index (χ0v) is 23.8. The second kappa shape index (κ2) is 11.5. The van der Waals surface area contributed by atoms with Crippen LogP contribution in [0.2, 0.25) is 0 Å². The van der Waals surface area contributed by atoms with Gasteiger partial charge in [-0.05, 0) is 121 Å². The van der Waals surface area contributed by atoms with Crippen LogP contribution in [0.15, 0.2) is 60.7 Å². The maximum absolute atomic E-state index is 10.9. The Morgan fingerprint density at radius 2 is 1.02 bits per heavy atom. The van der Waals surface area contributed by atoms with E-state index in [9.17, 15) is 20.4 Å². The van der Waals surface area contributed by atoms with Gasteiger partial charge >= 0.3 is 0 Å². The molecule has 6 N–H and O–H groups in total. The van der Waals surface area contributed by atoms with Crippen molar-refractivity contribution in [3.05, 3.63) is 94.0 Å². The van der Waals surface area contributed by atoms with E-state index in [1.165, 1.54) is 0 Å². The number of hydrogen-bond acceptors (Lipinski definition) is 8. The van der Waals surface area contributed by atoms with Gasteiger partial charge in [-0.3, -0.25) is 0 Å². The Kier molecular flexibility index (Phi) is 7.58. The Balaban J connectivity index is 1.28. The van der Waals surface area contributed by atoms with Crippen molar-refractivity contribution in [2.75, 3.05) is 27.3 Å². The number of fused-ring (bicyclic) bond motifs is 2. The van der Waals surface area contributed by atoms with Crippen LogP contribution in [0.4, 0.5) is 0 Å². The number of hydrogen-bond donors (Lipinski definition) is 6. The summed E-state index contributed by atoms with van der Waals surface area (Å²) in [6.45, 7) is 1.62. The molecule has 2 atom stereocenters. The molecule has 0 aliphatic carbocycles. The summed E-state index contributed by atoms with van der Waals surface area (Å²) in [7, 11) is 3.10. The van der Waals surface area contributed by atoms with Crippen LogP contribution in [0, 0.1) is 0 Å². The maximum atomic E-state index is 10.9. The molecular formula is C34H36N2O6. The van der Waals surface area contributed by atoms with E-state index in [1.807, 2.05) is 36.4 Å². The van der Waals surface area contributed by atoms with Gasteiger partial charge in [-0.2, -0.15) is 0 Å². The van der Waals surface area contributed by atoms with E-state index in [0.29, 0.717) is 35.5 Å². The lowest BCUT2D eigenvalue weighted by molar-refractivity contribution is 0.370. The highest BCUT2D eigenvalue weighted by Crippen LogP contribution is 2.41. The molecule has 0 saturated heterocycles. The van der Waals surface area contributed by atoms with Crippen LogP contribution in [0.25, 0.3) is 11.1 Å². The average Bonchev–Trinajstić information content (AvgIpc) is 2.99. The Morgan fingerprint density at radius 3 is 1.43 bits per heavy atom. The van der Waals surface area contributed by atoms with E-state index >= 15 is 0 Å². The topological polar surface area (TPSA) is 123 Å². The first-order chi connectivity index (χ1) is 20.3. The molecule has 0 amide bonds. The molecular weight excluding hydrogens is 532 g/mol. The van der Waals surface area contributed by atoms with Crippen molar-refractivity contribution >= 4 is 0 Å². The summed E-state index contributed by atoms with van der Waals surface area (Å²) >= 11 is 0. The van der Waals surface area contributed by atoms with Crippen molar-refractivity contribution in [3.63, 3.8) is 0 Å². The number of rotatable bonds is 7. The summed E-state index contributed by atoms with van der Waals surface area (Å²) in [4.78, 5) is 0. The Labute approximate surface area is 245 Å². The van der Waals surface area contributed by atoms with E-state index in [4.69, 9.17) is 9.47 Å². The largest absolute Gasteiger partial charge is 0.507 e. The molecule has 0 unspecified atom stereocenters. The van der Waals surface area contributed by atoms with Gasteiger partial charge in [0.15, 0.2) is 23.0 Å². The third kappa shape index (κ3) is 5.31. The average molecular weight is 569 g/mol. The van der Waals surface area contributed by atoms with Crippen molar-refractivity contribution in [3.8, 4) is 45.6 Å². The third-order valence-electron chi connectivity index (χ3n) is 8.49. The molecule has 2 aliphatic rings. The number of methoxy groups -OCH3 is 2. The smallest absolute Gasteiger partial charge is 0.160 e. The lowest BCUT2D eigenvalue weighted by Crippen LogP contribution is -2.31. The van der Waals surface area contributed by atoms with Crippen LogP contribution in [0.3, 0.4) is 0 Å². The van der Waals surface area contributed by atoms with Crippen LogP contribution in [-0.4, -0.2) is 47.7 Å². The van der Waals surface area contributed by atoms with Crippen LogP contribution in [0.1, 0.15) is 45.5 Å². The molecule has 0 radical (unpaired) electrons. The Morgan fingerprint density at radius 1 is 0.595 bits per heavy atom. The predicted molar refractivity (Wildman–Crippen MR) is 161 cm³/mol. The Bertz CT molecular complexity index is 1510. The number of phenolic OH excluding ortho intramolecular Hbond substituents is 4. The summed E-state index contributed by atoms with van der Waals surface area (Å²) in [5.41, 5.74) is 7.43. The monoisotopic (exact) mass is 568 g/mol. The third-order valence-corrected chi connectivity index (χ3v) is 8.49. The van der Waals surface area contributed by atoms with Crippen molar-refractivity contribution in [1.29, 1.82) is 0 Å². The predicted octanol–water partition coefficient (Wildman–Crippen LogP) is 5.05. The highest BCUT2D eigenvalue weighted by Gasteiger charge is 2.25. The minimum absolute atomic E-state index is 0.0182. The van der Waals surface area contributed by atoms with E-state index in [1.54, 1.807) is 38.5 Å². The number of aromatic hydroxyl groups is 4. The quantitative estimate of drug-likeness (QED) is 0.183. The molecule has 2 heterocycles. The van der Waals surface area contributed by atoms with Crippen molar-refractivity contribution < 1.29 is 29.9 Å². The van der Waals surface area contributed by atoms with E-state index in [-0.39, 0.29) is 35.1 Å². The first-order valence-electron chi connectivity index (χ1n) is 14.2. The van der Waals surface area contributed by atoms with E-state index < -0.39 is 0 Å². The van der Waals surface area contributed by atoms with Crippen LogP contribution in [0.5, 0.6) is 34.5 Å². The molecule has 2 aliphatic heterocycles. The number of phenols is 4. The lowest BCUT2D eigenvalue weighted by atomic mass is 9.88. The zero-order chi connectivity index (χ0) is 29.4. The van der Waals surface area contributed by atoms with E-state index in [0.717, 1.165) is 59.3 Å². The van der Waals surface area contributed by atoms with Crippen LogP contribution < -0.4 is 20.1 Å². The molecule has 0 bridgehead atoms. The fourth-order valence-electron chi connectivity index (χ4n) is 6.33. The molecule has 42 heavy (non-hydrogen) atoms. The molecule has 8 nitrogen and oxygen atoms in total. The fraction of sp³-hybridized carbons (Fsp3) is 0.294. The summed E-state index contributed by atoms with van der Waals surface area (Å²) in [6.07, 6.45) is 2.97. The zero-order valence-electron chi connectivity index (χ0n) is 23.8. The van der Waals surface area contributed by atoms with Gasteiger partial charge in [0.05, 0.1) is 14.2 Å². The molecule has 6 rings (SSSR count). The van der Waals surface area contributed by atoms with E-state index in [2.05, 4.69) is 10.6 Å². The first-order valence-corrected chi connectivity index (χ1v) is 14.2. The lowest BCUT2D eigenvalue weighted by Gasteiger charge is -2.28. The maximum Gasteiger partial charge on any atom is 0.160 e. The summed E-state index contributed by atoms with van der Waals surface area (Å²) < 4.78 is 10.6. The van der Waals surface area contributed by atoms with Gasteiger partial charge in [-0.25, -0.2) is 0 Å². The highest BCUT2D eigenvalue weighted by molar-refractivity contribution is 5.76. The van der Waals surface area contributed by atoms with Crippen LogP contribution in [-0.2, 0) is 25.7 Å². The molecule has 0 spiro atoms. The summed E-state index contributed by atoms with van der Waals surface area (Å²) in [5, 5.41) is 49.7. The first kappa shape index (κ1) is 27.8. The normalized spacial score (nSPS) is 17.8. The SMILES string of the molecule is COc1cc2c(cc1O)[C@@H](Cc1ccc(O)c(-c3cc(C[C@H]4NCCc5cc(OC)c(O)cc54)ccc3O)c1)NCC2. The molecule has 0 saturated carbocycles. The fourth-order valence-corrected chi connectivity index (χ4v) is 6.33. The van der Waals surface area contributed by atoms with Crippen LogP contribution >= 0.6 is 0 Å². The minimum Gasteiger partial charge on any atom is -0.507 e. The molecule has 4 aromatic rings. The standard InChI is InChI=1S/C34H36N2O6/c1-41-33-15-21-7-9-35-27(23(21)17-31(33)39)13-19-3-5-29(37)25(11-19)26-12-20(4-6-30(26)38)14-28-24-18-32(40)34(42-2)16-22(24)8-10-36-28/h3-6,11-12,15-18,27-28,35-40H,7-10,13-14H2,1-2H3/t27-,28-/m1/s1. The second-order valence-electron chi connectivity index (χ2n) is 11.1. The molecule has 8 heteroatoms. The van der Waals surface area contributed by atoms with Gasteiger partial charge < -0.3 is 40.5 Å². The number of ether oxygens (including phenoxy) is 2. The molecule has 4 aromatic carbocycles. The van der Waals surface area contributed by atoms with Crippen molar-refractivity contribution in [2.45, 2.75) is 37.8 Å². The van der Waals surface area contributed by atoms with Crippen molar-refractivity contribution in [1.82, 2.24) is 10.6 Å². The number of benzene rings is 4. The highest BCUT2D eigenvalue weighted by atomic mass is 16.5. The van der Waals surface area contributed by atoms with Gasteiger partial charge in [0.25, 0.3) is 0 Å². The molecule has 0 fully saturated rings. The molecule has 0 aromatic heterocycles. The van der Waals surface area contributed by atoms with Gasteiger partial charge in [0.1, 0.15) is 11.5 Å². The van der Waals surface area contributed by atoms with Gasteiger partial charge in [-0.15, -0.1) is 0 Å². The molecule has 218 valence electrons. The Hall–Kier alpha value is -4.40. The van der Waals surface area contributed by atoms with Crippen molar-refractivity contribution in [2.24, 2.45) is 0 Å². The van der Waals surface area contributed by atoms with Gasteiger partial charge in [0.2, 0.25) is 0 Å². The summed E-state index contributed by atoms with van der Waals surface area (Å²) in [6, 6.07) is 18.3. The van der Waals surface area contributed by atoms with Gasteiger partial charge in [-0.1, -0.05) is 12.1 Å².